The molecule has 138 valence electrons. The largest absolute Gasteiger partial charge is 0.457 e. The van der Waals surface area contributed by atoms with Gasteiger partial charge in [-0.2, -0.15) is 0 Å². The lowest BCUT2D eigenvalue weighted by atomic mass is 10.2. The number of pyridine rings is 1. The molecule has 0 saturated carbocycles. The van der Waals surface area contributed by atoms with Crippen LogP contribution in [0.25, 0.3) is 0 Å². The first kappa shape index (κ1) is 18.8. The number of aromatic nitrogens is 1. The van der Waals surface area contributed by atoms with Gasteiger partial charge in [0.05, 0.1) is 11.4 Å². The Hall–Kier alpha value is -3.03. The minimum absolute atomic E-state index is 0.385. The smallest absolute Gasteiger partial charge is 0.177 e. The van der Waals surface area contributed by atoms with Gasteiger partial charge in [-0.3, -0.25) is 0 Å². The van der Waals surface area contributed by atoms with Crippen molar-refractivity contribution in [3.05, 3.63) is 65.8 Å². The van der Waals surface area contributed by atoms with Gasteiger partial charge in [-0.1, -0.05) is 11.6 Å². The topological polar surface area (TPSA) is 89.4 Å². The summed E-state index contributed by atoms with van der Waals surface area (Å²) < 4.78 is 5.76. The Balaban J connectivity index is 1.72. The van der Waals surface area contributed by atoms with Crippen LogP contribution in [0.5, 0.6) is 11.5 Å². The molecule has 2 aromatic carbocycles. The molecule has 0 amide bonds. The van der Waals surface area contributed by atoms with E-state index in [1.165, 1.54) is 0 Å². The molecule has 0 radical (unpaired) electrons. The summed E-state index contributed by atoms with van der Waals surface area (Å²) in [5.74, 6) is 1.56. The average Bonchev–Trinajstić information content (AvgIpc) is 2.63. The summed E-state index contributed by atoms with van der Waals surface area (Å²) in [7, 11) is 1.83. The molecule has 6 nitrogen and oxygen atoms in total. The number of nitrogen functional groups attached to an aromatic ring is 2. The molecule has 0 aliphatic rings. The number of hydrogen-bond acceptors (Lipinski definition) is 5. The van der Waals surface area contributed by atoms with Gasteiger partial charge in [0.1, 0.15) is 17.3 Å². The molecule has 0 aliphatic heterocycles. The Labute approximate surface area is 167 Å². The summed E-state index contributed by atoms with van der Waals surface area (Å²) in [4.78, 5) is 5.72. The van der Waals surface area contributed by atoms with E-state index in [4.69, 9.17) is 40.0 Å². The third kappa shape index (κ3) is 4.78. The minimum Gasteiger partial charge on any atom is -0.457 e. The molecule has 27 heavy (non-hydrogen) atoms. The summed E-state index contributed by atoms with van der Waals surface area (Å²) in [5.41, 5.74) is 14.0. The highest BCUT2D eigenvalue weighted by molar-refractivity contribution is 7.80. The SMILES string of the molecule is CN(C(=S)Nc1ccc(Cl)cc1)c1ccc(Oc2ccnc(N)c2)cc1N. The molecule has 8 heteroatoms. The van der Waals surface area contributed by atoms with Crippen LogP contribution in [0.1, 0.15) is 0 Å². The fraction of sp³-hybridized carbons (Fsp3) is 0.0526. The summed E-state index contributed by atoms with van der Waals surface area (Å²) >= 11 is 11.4. The van der Waals surface area contributed by atoms with Gasteiger partial charge < -0.3 is 26.4 Å². The highest BCUT2D eigenvalue weighted by atomic mass is 35.5. The molecule has 0 bridgehead atoms. The molecule has 0 spiro atoms. The average molecular weight is 400 g/mol. The number of nitrogens with zero attached hydrogens (tertiary/aromatic N) is 2. The van der Waals surface area contributed by atoms with Crippen molar-refractivity contribution in [2.24, 2.45) is 0 Å². The predicted octanol–water partition coefficient (Wildman–Crippen LogP) is 4.52. The first-order chi connectivity index (χ1) is 12.9. The van der Waals surface area contributed by atoms with Gasteiger partial charge in [0.25, 0.3) is 0 Å². The van der Waals surface area contributed by atoms with E-state index >= 15 is 0 Å². The van der Waals surface area contributed by atoms with Crippen LogP contribution in [-0.2, 0) is 0 Å². The number of ether oxygens (including phenoxy) is 1. The van der Waals surface area contributed by atoms with Gasteiger partial charge in [0.15, 0.2) is 5.11 Å². The Morgan fingerprint density at radius 1 is 1.07 bits per heavy atom. The van der Waals surface area contributed by atoms with Crippen molar-refractivity contribution in [1.29, 1.82) is 0 Å². The fourth-order valence-corrected chi connectivity index (χ4v) is 2.72. The predicted molar refractivity (Wildman–Crippen MR) is 116 cm³/mol. The molecule has 1 heterocycles. The Morgan fingerprint density at radius 2 is 1.78 bits per heavy atom. The number of nitrogens with one attached hydrogen (secondary N) is 1. The first-order valence-corrected chi connectivity index (χ1v) is 8.80. The Bertz CT molecular complexity index is 965. The van der Waals surface area contributed by atoms with Crippen molar-refractivity contribution in [2.75, 3.05) is 28.7 Å². The van der Waals surface area contributed by atoms with Gasteiger partial charge in [-0.05, 0) is 54.7 Å². The van der Waals surface area contributed by atoms with Crippen LogP contribution in [0, 0.1) is 0 Å². The lowest BCUT2D eigenvalue weighted by Crippen LogP contribution is -2.31. The monoisotopic (exact) mass is 399 g/mol. The number of nitrogens with two attached hydrogens (primary N) is 2. The normalized spacial score (nSPS) is 10.3. The van der Waals surface area contributed by atoms with E-state index in [0.717, 1.165) is 11.4 Å². The van der Waals surface area contributed by atoms with E-state index in [1.807, 2.05) is 31.3 Å². The molecule has 0 saturated heterocycles. The summed E-state index contributed by atoms with van der Waals surface area (Å²) in [6.07, 6.45) is 1.58. The Kier molecular flexibility index (Phi) is 5.63. The second-order valence-corrected chi connectivity index (χ2v) is 6.56. The molecule has 0 aliphatic carbocycles. The maximum atomic E-state index is 6.19. The van der Waals surface area contributed by atoms with Crippen molar-refractivity contribution in [2.45, 2.75) is 0 Å². The van der Waals surface area contributed by atoms with E-state index in [1.54, 1.807) is 41.4 Å². The number of rotatable bonds is 4. The molecule has 1 aromatic heterocycles. The second kappa shape index (κ2) is 8.11. The quantitative estimate of drug-likeness (QED) is 0.438. The summed E-state index contributed by atoms with van der Waals surface area (Å²) in [6, 6.07) is 16.0. The van der Waals surface area contributed by atoms with Crippen LogP contribution in [-0.4, -0.2) is 17.1 Å². The van der Waals surface area contributed by atoms with Crippen LogP contribution >= 0.6 is 23.8 Å². The van der Waals surface area contributed by atoms with Crippen LogP contribution in [0.4, 0.5) is 22.9 Å². The van der Waals surface area contributed by atoms with Crippen LogP contribution < -0.4 is 26.4 Å². The van der Waals surface area contributed by atoms with Gasteiger partial charge in [0, 0.05) is 36.1 Å². The van der Waals surface area contributed by atoms with Crippen LogP contribution in [0.15, 0.2) is 60.8 Å². The van der Waals surface area contributed by atoms with E-state index in [0.29, 0.717) is 33.1 Å². The lowest BCUT2D eigenvalue weighted by Gasteiger charge is -2.23. The van der Waals surface area contributed by atoms with E-state index in [2.05, 4.69) is 10.3 Å². The molecular formula is C19H18ClN5OS. The zero-order valence-corrected chi connectivity index (χ0v) is 16.1. The lowest BCUT2D eigenvalue weighted by molar-refractivity contribution is 0.482. The number of anilines is 4. The molecule has 3 aromatic rings. The van der Waals surface area contributed by atoms with Gasteiger partial charge >= 0.3 is 0 Å². The van der Waals surface area contributed by atoms with E-state index < -0.39 is 0 Å². The van der Waals surface area contributed by atoms with Gasteiger partial charge in [0.2, 0.25) is 0 Å². The van der Waals surface area contributed by atoms with Gasteiger partial charge in [-0.15, -0.1) is 0 Å². The second-order valence-electron chi connectivity index (χ2n) is 5.74. The fourth-order valence-electron chi connectivity index (χ4n) is 2.38. The standard InChI is InChI=1S/C19H18ClN5OS/c1-25(19(27)24-13-4-2-12(20)3-5-13)17-7-6-14(10-16(17)21)26-15-8-9-23-18(22)11-15/h2-11H,21H2,1H3,(H2,22,23)(H,24,27). The molecule has 0 unspecified atom stereocenters. The van der Waals surface area contributed by atoms with Crippen molar-refractivity contribution < 1.29 is 4.74 Å². The molecule has 0 atom stereocenters. The minimum atomic E-state index is 0.385. The van der Waals surface area contributed by atoms with Crippen LogP contribution in [0.3, 0.4) is 0 Å². The van der Waals surface area contributed by atoms with Crippen molar-refractivity contribution >= 4 is 51.8 Å². The zero-order chi connectivity index (χ0) is 19.4. The molecule has 0 fully saturated rings. The number of halogens is 1. The maximum Gasteiger partial charge on any atom is 0.177 e. The third-order valence-electron chi connectivity index (χ3n) is 3.75. The molecular weight excluding hydrogens is 382 g/mol. The van der Waals surface area contributed by atoms with E-state index in [9.17, 15) is 0 Å². The van der Waals surface area contributed by atoms with E-state index in [-0.39, 0.29) is 0 Å². The molecule has 3 rings (SSSR count). The van der Waals surface area contributed by atoms with Crippen molar-refractivity contribution in [3.63, 3.8) is 0 Å². The van der Waals surface area contributed by atoms with Crippen LogP contribution in [0.2, 0.25) is 5.02 Å². The highest BCUT2D eigenvalue weighted by Crippen LogP contribution is 2.30. The third-order valence-corrected chi connectivity index (χ3v) is 4.38. The first-order valence-electron chi connectivity index (χ1n) is 8.01. The van der Waals surface area contributed by atoms with Crippen molar-refractivity contribution in [1.82, 2.24) is 4.98 Å². The Morgan fingerprint density at radius 3 is 2.44 bits per heavy atom. The van der Waals surface area contributed by atoms with Crippen molar-refractivity contribution in [3.8, 4) is 11.5 Å². The number of hydrogen-bond donors (Lipinski definition) is 3. The summed E-state index contributed by atoms with van der Waals surface area (Å²) in [5, 5.41) is 4.31. The number of benzene rings is 2. The van der Waals surface area contributed by atoms with Gasteiger partial charge in [-0.25, -0.2) is 4.98 Å². The molecule has 5 N–H and O–H groups in total. The maximum absolute atomic E-state index is 6.19. The zero-order valence-electron chi connectivity index (χ0n) is 14.5. The highest BCUT2D eigenvalue weighted by Gasteiger charge is 2.12. The number of thiocarbonyl (C=S) groups is 1. The summed E-state index contributed by atoms with van der Waals surface area (Å²) in [6.45, 7) is 0.